The number of anilines is 2. The molecule has 2 aromatic heterocycles. The Hall–Kier alpha value is -2.48. The number of hydrogen-bond donors (Lipinski definition) is 6. The minimum Gasteiger partial charge on any atom is -0.387 e. The fraction of sp³-hybridized carbons (Fsp3) is 0.348. The van der Waals surface area contributed by atoms with Crippen LogP contribution in [0, 0.1) is 13.8 Å². The second-order valence-electron chi connectivity index (χ2n) is 9.54. The van der Waals surface area contributed by atoms with Gasteiger partial charge in [-0.1, -0.05) is 18.2 Å². The average Bonchev–Trinajstić information content (AvgIpc) is 3.39. The number of benzene rings is 2. The summed E-state index contributed by atoms with van der Waals surface area (Å²) in [6, 6.07) is 9.97. The molecule has 17 heteroatoms. The minimum atomic E-state index is -4.84. The van der Waals surface area contributed by atoms with E-state index in [2.05, 4.69) is 26.3 Å². The molecular formula is C23H26ClN5O9P2. The van der Waals surface area contributed by atoms with Crippen LogP contribution in [0.2, 0.25) is 5.28 Å². The highest BCUT2D eigenvalue weighted by atomic mass is 35.5. The lowest BCUT2D eigenvalue weighted by Gasteiger charge is -2.18. The third-order valence-electron chi connectivity index (χ3n) is 6.52. The third kappa shape index (κ3) is 5.93. The number of rotatable bonds is 8. The normalized spacial score (nSPS) is 23.1. The van der Waals surface area contributed by atoms with Crippen molar-refractivity contribution in [1.29, 1.82) is 0 Å². The van der Waals surface area contributed by atoms with Gasteiger partial charge >= 0.3 is 15.2 Å². The van der Waals surface area contributed by atoms with Crippen molar-refractivity contribution in [3.8, 4) is 0 Å². The molecule has 2 unspecified atom stereocenters. The van der Waals surface area contributed by atoms with Crippen LogP contribution in [0.4, 0.5) is 11.5 Å². The molecule has 1 aliphatic rings. The van der Waals surface area contributed by atoms with Crippen molar-refractivity contribution in [2.45, 2.75) is 38.4 Å². The van der Waals surface area contributed by atoms with Gasteiger partial charge in [0.05, 0.1) is 12.9 Å². The van der Waals surface area contributed by atoms with E-state index in [1.165, 1.54) is 10.9 Å². The summed E-state index contributed by atoms with van der Waals surface area (Å²) < 4.78 is 34.8. The zero-order valence-corrected chi connectivity index (χ0v) is 23.7. The second kappa shape index (κ2) is 10.7. The van der Waals surface area contributed by atoms with Crippen LogP contribution in [-0.4, -0.2) is 75.2 Å². The van der Waals surface area contributed by atoms with E-state index < -0.39 is 52.2 Å². The van der Waals surface area contributed by atoms with E-state index in [1.54, 1.807) is 0 Å². The number of halogens is 1. The van der Waals surface area contributed by atoms with Gasteiger partial charge < -0.3 is 39.5 Å². The van der Waals surface area contributed by atoms with E-state index >= 15 is 0 Å². The molecule has 0 saturated carbocycles. The van der Waals surface area contributed by atoms with Crippen LogP contribution in [0.1, 0.15) is 17.4 Å². The molecule has 0 bridgehead atoms. The van der Waals surface area contributed by atoms with Gasteiger partial charge in [-0.15, -0.1) is 0 Å². The molecule has 2 aromatic carbocycles. The van der Waals surface area contributed by atoms with Gasteiger partial charge in [-0.05, 0) is 59.5 Å². The van der Waals surface area contributed by atoms with Gasteiger partial charge in [0.1, 0.15) is 18.3 Å². The van der Waals surface area contributed by atoms with Crippen LogP contribution in [-0.2, 0) is 18.4 Å². The molecule has 3 heterocycles. The first-order valence-electron chi connectivity index (χ1n) is 11.9. The molecule has 0 radical (unpaired) electrons. The molecule has 5 atom stereocenters. The molecule has 1 saturated heterocycles. The Morgan fingerprint density at radius 2 is 1.75 bits per heavy atom. The Morgan fingerprint density at radius 1 is 1.05 bits per heavy atom. The van der Waals surface area contributed by atoms with Crippen LogP contribution in [0.5, 0.6) is 0 Å². The van der Waals surface area contributed by atoms with Crippen LogP contribution >= 0.6 is 26.8 Å². The monoisotopic (exact) mass is 613 g/mol. The third-order valence-corrected chi connectivity index (χ3v) is 10.1. The predicted octanol–water partition coefficient (Wildman–Crippen LogP) is 2.95. The highest BCUT2D eigenvalue weighted by Gasteiger charge is 2.45. The van der Waals surface area contributed by atoms with E-state index in [0.29, 0.717) is 0 Å². The molecule has 214 valence electrons. The molecule has 0 amide bonds. The molecule has 6 N–H and O–H groups in total. The zero-order valence-electron chi connectivity index (χ0n) is 21.1. The van der Waals surface area contributed by atoms with E-state index in [-0.39, 0.29) is 22.3 Å². The lowest BCUT2D eigenvalue weighted by atomic mass is 10.0. The molecular weight excluding hydrogens is 588 g/mol. The van der Waals surface area contributed by atoms with Crippen molar-refractivity contribution >= 4 is 60.2 Å². The molecule has 0 aliphatic carbocycles. The van der Waals surface area contributed by atoms with Gasteiger partial charge in [0, 0.05) is 5.69 Å². The summed E-state index contributed by atoms with van der Waals surface area (Å²) in [5, 5.41) is 26.4. The van der Waals surface area contributed by atoms with Gasteiger partial charge in [0.2, 0.25) is 5.28 Å². The lowest BCUT2D eigenvalue weighted by Crippen LogP contribution is -2.33. The zero-order chi connectivity index (χ0) is 29.0. The number of nitrogens with zero attached hydrogens (tertiary/aromatic N) is 4. The maximum atomic E-state index is 12.0. The van der Waals surface area contributed by atoms with Gasteiger partial charge in [0.25, 0.3) is 0 Å². The average molecular weight is 614 g/mol. The number of aromatic nitrogens is 4. The summed E-state index contributed by atoms with van der Waals surface area (Å²) in [4.78, 5) is 40.4. The second-order valence-corrected chi connectivity index (χ2v) is 13.9. The Labute approximate surface area is 232 Å². The number of ether oxygens (including phenoxy) is 1. The van der Waals surface area contributed by atoms with Crippen LogP contribution in [0.25, 0.3) is 21.9 Å². The number of fused-ring (bicyclic) bond motifs is 2. The molecule has 14 nitrogen and oxygen atoms in total. The summed E-state index contributed by atoms with van der Waals surface area (Å²) in [7, 11) is -9.54. The van der Waals surface area contributed by atoms with Crippen LogP contribution in [0.3, 0.4) is 0 Å². The van der Waals surface area contributed by atoms with Crippen molar-refractivity contribution in [2.75, 3.05) is 17.8 Å². The largest absolute Gasteiger partial charge is 0.387 e. The van der Waals surface area contributed by atoms with Gasteiger partial charge in [0.15, 0.2) is 29.1 Å². The van der Waals surface area contributed by atoms with E-state index in [4.69, 9.17) is 30.6 Å². The smallest absolute Gasteiger partial charge is 0.340 e. The number of nitrogens with one attached hydrogen (secondary N) is 1. The minimum absolute atomic E-state index is 0.129. The molecule has 40 heavy (non-hydrogen) atoms. The van der Waals surface area contributed by atoms with Gasteiger partial charge in [-0.2, -0.15) is 9.97 Å². The number of imidazole rings is 1. The molecule has 1 fully saturated rings. The topological polar surface area (TPSA) is 209 Å². The quantitative estimate of drug-likeness (QED) is 0.125. The lowest BCUT2D eigenvalue weighted by molar-refractivity contribution is -0.0483. The predicted molar refractivity (Wildman–Crippen MR) is 146 cm³/mol. The highest BCUT2D eigenvalue weighted by Crippen LogP contribution is 2.55. The fourth-order valence-electron chi connectivity index (χ4n) is 4.58. The van der Waals surface area contributed by atoms with E-state index in [1.807, 2.05) is 38.1 Å². The van der Waals surface area contributed by atoms with E-state index in [0.717, 1.165) is 27.6 Å². The summed E-state index contributed by atoms with van der Waals surface area (Å²) in [6.45, 7) is 3.33. The van der Waals surface area contributed by atoms with Crippen molar-refractivity contribution < 1.29 is 43.3 Å². The summed E-state index contributed by atoms with van der Waals surface area (Å²) in [6.07, 6.45) is -4.37. The molecule has 4 aromatic rings. The number of aryl methyl sites for hydroxylation is 2. The van der Waals surface area contributed by atoms with E-state index in [9.17, 15) is 24.2 Å². The summed E-state index contributed by atoms with van der Waals surface area (Å²) in [5.41, 5.74) is 3.42. The van der Waals surface area contributed by atoms with Crippen molar-refractivity contribution in [1.82, 2.24) is 19.5 Å². The van der Waals surface area contributed by atoms with Crippen LogP contribution in [0.15, 0.2) is 36.7 Å². The first-order chi connectivity index (χ1) is 18.7. The summed E-state index contributed by atoms with van der Waals surface area (Å²) >= 11 is 6.21. The number of aliphatic hydroxyl groups excluding tert-OH is 2. The maximum Gasteiger partial charge on any atom is 0.340 e. The van der Waals surface area contributed by atoms with Crippen molar-refractivity contribution in [2.24, 2.45) is 0 Å². The standard InChI is InChI=1S/C23H26ClN5O9P2/c1-11-3-4-12(2)15-7-13(5-6-14(11)15)26-20-17-21(28-23(24)27-20)29(9-25-17)22-19(31)18(30)16(38-22)8-37-40(35,36)10-39(32,33)34/h3-7,9,16,18-19,22,30-31H,8,10H2,1-2H3,(H,35,36)(H,26,27,28)(H2,32,33,34)/t16-,18?,19+,22-/m1/s1. The van der Waals surface area contributed by atoms with Gasteiger partial charge in [-0.25, -0.2) is 4.98 Å². The Bertz CT molecular complexity index is 1700. The molecule has 5 rings (SSSR count). The number of aliphatic hydroxyl groups is 2. The molecule has 0 spiro atoms. The SMILES string of the molecule is Cc1ccc(C)c2cc(Nc3nc(Cl)nc4c3ncn4[C@@H]3O[C@H](COP(=O)(O)CP(=O)(O)O)C(O)[C@@H]3O)ccc12. The summed E-state index contributed by atoms with van der Waals surface area (Å²) in [5.74, 6) is -1.12. The molecule has 1 aliphatic heterocycles. The number of hydrogen-bond acceptors (Lipinski definition) is 10. The first-order valence-corrected chi connectivity index (χ1v) is 15.9. The van der Waals surface area contributed by atoms with Crippen molar-refractivity contribution in [3.63, 3.8) is 0 Å². The fourth-order valence-corrected chi connectivity index (χ4v) is 7.32. The Morgan fingerprint density at radius 3 is 2.45 bits per heavy atom. The maximum absolute atomic E-state index is 12.0. The first kappa shape index (κ1) is 29.0. The highest BCUT2D eigenvalue weighted by molar-refractivity contribution is 7.70. The Kier molecular flexibility index (Phi) is 7.79. The van der Waals surface area contributed by atoms with Crippen molar-refractivity contribution in [3.05, 3.63) is 53.1 Å². The Balaban J connectivity index is 1.41. The van der Waals surface area contributed by atoms with Gasteiger partial charge in [-0.3, -0.25) is 13.7 Å². The van der Waals surface area contributed by atoms with Crippen LogP contribution < -0.4 is 5.32 Å².